The van der Waals surface area contributed by atoms with Crippen molar-refractivity contribution in [2.75, 3.05) is 5.32 Å². The molecule has 5 nitrogen and oxygen atoms in total. The van der Waals surface area contributed by atoms with Crippen LogP contribution in [0, 0.1) is 5.92 Å². The first kappa shape index (κ1) is 18.1. The molecule has 4 rings (SSSR count). The second-order valence-corrected chi connectivity index (χ2v) is 10.3. The van der Waals surface area contributed by atoms with E-state index in [9.17, 15) is 9.59 Å². The van der Waals surface area contributed by atoms with Crippen molar-refractivity contribution in [3.05, 3.63) is 31.0 Å². The van der Waals surface area contributed by atoms with Gasteiger partial charge in [0.15, 0.2) is 3.92 Å². The number of carbonyl (C=O) groups is 2. The van der Waals surface area contributed by atoms with Gasteiger partial charge in [0.05, 0.1) is 12.1 Å². The van der Waals surface area contributed by atoms with Crippen molar-refractivity contribution in [3.8, 4) is 0 Å². The number of nitrogens with one attached hydrogen (secondary N) is 2. The van der Waals surface area contributed by atoms with E-state index in [4.69, 9.17) is 0 Å². The van der Waals surface area contributed by atoms with Crippen LogP contribution in [0.1, 0.15) is 57.8 Å². The van der Waals surface area contributed by atoms with Crippen LogP contribution in [0.4, 0.5) is 5.00 Å². The highest BCUT2D eigenvalue weighted by Crippen LogP contribution is 2.39. The Balaban J connectivity index is 1.54. The summed E-state index contributed by atoms with van der Waals surface area (Å²) in [5.41, 5.74) is 1.81. The highest BCUT2D eigenvalue weighted by molar-refractivity contribution is 9.11. The molecule has 0 bridgehead atoms. The molecule has 138 valence electrons. The Bertz CT molecular complexity index is 842. The number of aromatic nitrogens is 1. The molecule has 2 N–H and O–H groups in total. The highest BCUT2D eigenvalue weighted by Gasteiger charge is 2.30. The van der Waals surface area contributed by atoms with E-state index in [1.54, 1.807) is 17.5 Å². The molecule has 2 aromatic rings. The van der Waals surface area contributed by atoms with Gasteiger partial charge in [-0.15, -0.1) is 22.7 Å². The van der Waals surface area contributed by atoms with Crippen molar-refractivity contribution in [2.24, 2.45) is 5.92 Å². The maximum absolute atomic E-state index is 12.9. The third kappa shape index (κ3) is 3.73. The molecule has 1 fully saturated rings. The SMILES string of the molecule is O=C(NCc1cnc(Br)s1)c1c(NC(=O)C2CCC2)sc2c1CCCC2. The lowest BCUT2D eigenvalue weighted by molar-refractivity contribution is -0.122. The van der Waals surface area contributed by atoms with E-state index in [0.29, 0.717) is 12.1 Å². The van der Waals surface area contributed by atoms with Crippen molar-refractivity contribution in [1.82, 2.24) is 10.3 Å². The Morgan fingerprint density at radius 1 is 1.19 bits per heavy atom. The van der Waals surface area contributed by atoms with Crippen molar-refractivity contribution in [1.29, 1.82) is 0 Å². The van der Waals surface area contributed by atoms with Gasteiger partial charge in [-0.1, -0.05) is 6.42 Å². The van der Waals surface area contributed by atoms with Crippen molar-refractivity contribution < 1.29 is 9.59 Å². The number of hydrogen-bond acceptors (Lipinski definition) is 5. The molecular weight excluding hydrogens is 434 g/mol. The molecular formula is C18H20BrN3O2S2. The van der Waals surface area contributed by atoms with E-state index >= 15 is 0 Å². The number of thiazole rings is 1. The van der Waals surface area contributed by atoms with Gasteiger partial charge in [-0.2, -0.15) is 0 Å². The van der Waals surface area contributed by atoms with Gasteiger partial charge in [0.1, 0.15) is 5.00 Å². The first-order chi connectivity index (χ1) is 12.6. The molecule has 26 heavy (non-hydrogen) atoms. The summed E-state index contributed by atoms with van der Waals surface area (Å²) in [5.74, 6) is 0.0766. The minimum atomic E-state index is -0.0992. The van der Waals surface area contributed by atoms with Crippen LogP contribution in [-0.2, 0) is 24.2 Å². The number of hydrogen-bond donors (Lipinski definition) is 2. The van der Waals surface area contributed by atoms with Gasteiger partial charge in [-0.25, -0.2) is 4.98 Å². The van der Waals surface area contributed by atoms with Crippen LogP contribution in [0.3, 0.4) is 0 Å². The summed E-state index contributed by atoms with van der Waals surface area (Å²) in [6, 6.07) is 0. The molecule has 2 aromatic heterocycles. The maximum atomic E-state index is 12.9. The molecule has 0 radical (unpaired) electrons. The molecule has 0 saturated heterocycles. The van der Waals surface area contributed by atoms with Gasteiger partial charge >= 0.3 is 0 Å². The number of anilines is 1. The molecule has 8 heteroatoms. The lowest BCUT2D eigenvalue weighted by Crippen LogP contribution is -2.29. The summed E-state index contributed by atoms with van der Waals surface area (Å²) < 4.78 is 0.808. The number of thiophene rings is 1. The maximum Gasteiger partial charge on any atom is 0.254 e. The Labute approximate surface area is 168 Å². The minimum Gasteiger partial charge on any atom is -0.347 e. The normalized spacial score (nSPS) is 16.7. The van der Waals surface area contributed by atoms with Crippen molar-refractivity contribution in [2.45, 2.75) is 51.5 Å². The number of halogens is 1. The summed E-state index contributed by atoms with van der Waals surface area (Å²) >= 11 is 6.44. The fraction of sp³-hybridized carbons (Fsp3) is 0.500. The minimum absolute atomic E-state index is 0.0651. The molecule has 2 aliphatic rings. The van der Waals surface area contributed by atoms with Gasteiger partial charge in [-0.05, 0) is 60.0 Å². The van der Waals surface area contributed by atoms with Crippen LogP contribution >= 0.6 is 38.6 Å². The second-order valence-electron chi connectivity index (χ2n) is 6.79. The molecule has 1 saturated carbocycles. The Hall–Kier alpha value is -1.25. The zero-order chi connectivity index (χ0) is 18.1. The number of nitrogens with zero attached hydrogens (tertiary/aromatic N) is 1. The second kappa shape index (κ2) is 7.78. The van der Waals surface area contributed by atoms with Crippen LogP contribution in [0.15, 0.2) is 10.1 Å². The van der Waals surface area contributed by atoms with Crippen LogP contribution in [0.2, 0.25) is 0 Å². The van der Waals surface area contributed by atoms with Gasteiger partial charge in [0.2, 0.25) is 5.91 Å². The molecule has 0 unspecified atom stereocenters. The molecule has 2 amide bonds. The average molecular weight is 454 g/mol. The van der Waals surface area contributed by atoms with Crippen molar-refractivity contribution >= 4 is 55.4 Å². The lowest BCUT2D eigenvalue weighted by Gasteiger charge is -2.24. The van der Waals surface area contributed by atoms with Gasteiger partial charge in [0.25, 0.3) is 5.91 Å². The number of amides is 2. The average Bonchev–Trinajstić information content (AvgIpc) is 3.14. The van der Waals surface area contributed by atoms with E-state index in [1.165, 1.54) is 16.2 Å². The topological polar surface area (TPSA) is 71.1 Å². The predicted octanol–water partition coefficient (Wildman–Crippen LogP) is 4.51. The predicted molar refractivity (Wildman–Crippen MR) is 108 cm³/mol. The molecule has 2 aliphatic carbocycles. The monoisotopic (exact) mass is 453 g/mol. The summed E-state index contributed by atoms with van der Waals surface area (Å²) in [6.45, 7) is 0.447. The van der Waals surface area contributed by atoms with Gasteiger partial charge in [-0.3, -0.25) is 9.59 Å². The van der Waals surface area contributed by atoms with E-state index in [2.05, 4.69) is 31.5 Å². The van der Waals surface area contributed by atoms with Gasteiger partial charge < -0.3 is 10.6 Å². The van der Waals surface area contributed by atoms with Crippen LogP contribution in [0.25, 0.3) is 0 Å². The highest BCUT2D eigenvalue weighted by atomic mass is 79.9. The fourth-order valence-electron chi connectivity index (χ4n) is 3.40. The van der Waals surface area contributed by atoms with Crippen LogP contribution < -0.4 is 10.6 Å². The van der Waals surface area contributed by atoms with E-state index in [1.807, 2.05) is 0 Å². The first-order valence-electron chi connectivity index (χ1n) is 8.95. The number of carbonyl (C=O) groups excluding carboxylic acids is 2. The Morgan fingerprint density at radius 2 is 2.00 bits per heavy atom. The number of aryl methyl sites for hydroxylation is 1. The zero-order valence-corrected chi connectivity index (χ0v) is 17.5. The van der Waals surface area contributed by atoms with Crippen molar-refractivity contribution in [3.63, 3.8) is 0 Å². The third-order valence-electron chi connectivity index (χ3n) is 5.06. The quantitative estimate of drug-likeness (QED) is 0.698. The fourth-order valence-corrected chi connectivity index (χ4v) is 5.99. The zero-order valence-electron chi connectivity index (χ0n) is 14.3. The smallest absolute Gasteiger partial charge is 0.254 e. The van der Waals surface area contributed by atoms with E-state index < -0.39 is 0 Å². The molecule has 0 aromatic carbocycles. The largest absolute Gasteiger partial charge is 0.347 e. The summed E-state index contributed by atoms with van der Waals surface area (Å²) in [4.78, 5) is 31.7. The van der Waals surface area contributed by atoms with E-state index in [-0.39, 0.29) is 17.7 Å². The summed E-state index contributed by atoms with van der Waals surface area (Å²) in [7, 11) is 0. The number of rotatable bonds is 5. The Morgan fingerprint density at radius 3 is 2.69 bits per heavy atom. The third-order valence-corrected chi connectivity index (χ3v) is 7.74. The summed E-state index contributed by atoms with van der Waals surface area (Å²) in [6.07, 6.45) is 8.97. The van der Waals surface area contributed by atoms with E-state index in [0.717, 1.165) is 64.3 Å². The molecule has 2 heterocycles. The summed E-state index contributed by atoms with van der Waals surface area (Å²) in [5, 5.41) is 6.79. The van der Waals surface area contributed by atoms with Gasteiger partial charge in [0, 0.05) is 21.9 Å². The lowest BCUT2D eigenvalue weighted by atomic mass is 9.85. The number of fused-ring (bicyclic) bond motifs is 1. The molecule has 0 aliphatic heterocycles. The molecule has 0 atom stereocenters. The Kier molecular flexibility index (Phi) is 5.42. The van der Waals surface area contributed by atoms with Crippen LogP contribution in [-0.4, -0.2) is 16.8 Å². The molecule has 0 spiro atoms. The van der Waals surface area contributed by atoms with Crippen LogP contribution in [0.5, 0.6) is 0 Å². The standard InChI is InChI=1S/C18H20BrN3O2S2/c19-18-21-9-11(25-18)8-20-16(24)14-12-6-1-2-7-13(12)26-17(14)22-15(23)10-4-3-5-10/h9-10H,1-8H2,(H,20,24)(H,22,23). The first-order valence-corrected chi connectivity index (χ1v) is 11.4.